The lowest BCUT2D eigenvalue weighted by Crippen LogP contribution is -2.20. The molecule has 1 aromatic heterocycles. The third kappa shape index (κ3) is 2.20. The van der Waals surface area contributed by atoms with Crippen LogP contribution >= 0.6 is 0 Å². The maximum Gasteiger partial charge on any atom is 0.171 e. The van der Waals surface area contributed by atoms with Gasteiger partial charge in [0.05, 0.1) is 18.9 Å². The van der Waals surface area contributed by atoms with Gasteiger partial charge in [-0.05, 0) is 24.6 Å². The maximum atomic E-state index is 14.4. The quantitative estimate of drug-likeness (QED) is 0.914. The molecule has 0 amide bonds. The van der Waals surface area contributed by atoms with Gasteiger partial charge < -0.3 is 14.7 Å². The molecule has 0 aliphatic carbocycles. The monoisotopic (exact) mass is 274 g/mol. The molecule has 0 saturated carbocycles. The molecule has 4 nitrogen and oxygen atoms in total. The minimum atomic E-state index is -0.480. The van der Waals surface area contributed by atoms with Crippen molar-refractivity contribution in [2.75, 3.05) is 18.1 Å². The smallest absolute Gasteiger partial charge is 0.171 e. The summed E-state index contributed by atoms with van der Waals surface area (Å²) in [6.07, 6.45) is 2.29. The first kappa shape index (κ1) is 12.9. The van der Waals surface area contributed by atoms with Crippen LogP contribution in [-0.4, -0.2) is 23.2 Å². The highest BCUT2D eigenvalue weighted by Crippen LogP contribution is 2.36. The number of nitrogens with zero attached hydrogens (tertiary/aromatic N) is 2. The summed E-state index contributed by atoms with van der Waals surface area (Å²) in [6, 6.07) is 9.00. The first-order valence-electron chi connectivity index (χ1n) is 6.55. The molecule has 0 saturated heterocycles. The number of aliphatic hydroxyl groups excluding tert-OH is 1. The Kier molecular flexibility index (Phi) is 3.52. The molecule has 0 atom stereocenters. The fourth-order valence-corrected chi connectivity index (χ4v) is 2.33. The van der Waals surface area contributed by atoms with E-state index in [2.05, 4.69) is 4.98 Å². The van der Waals surface area contributed by atoms with E-state index in [-0.39, 0.29) is 18.0 Å². The van der Waals surface area contributed by atoms with Gasteiger partial charge in [0, 0.05) is 18.3 Å². The van der Waals surface area contributed by atoms with Crippen molar-refractivity contribution in [1.29, 1.82) is 0 Å². The number of rotatable bonds is 2. The number of pyridine rings is 1. The van der Waals surface area contributed by atoms with Gasteiger partial charge in [-0.15, -0.1) is 0 Å². The number of aromatic nitrogens is 1. The van der Waals surface area contributed by atoms with Crippen molar-refractivity contribution >= 4 is 11.5 Å². The largest absolute Gasteiger partial charge is 0.491 e. The maximum absolute atomic E-state index is 14.4. The highest BCUT2D eigenvalue weighted by Gasteiger charge is 2.22. The third-order valence-corrected chi connectivity index (χ3v) is 3.32. The van der Waals surface area contributed by atoms with Gasteiger partial charge in [0.25, 0.3) is 0 Å². The van der Waals surface area contributed by atoms with Crippen molar-refractivity contribution in [3.63, 3.8) is 0 Å². The van der Waals surface area contributed by atoms with Crippen LogP contribution in [0.3, 0.4) is 0 Å². The van der Waals surface area contributed by atoms with E-state index in [0.29, 0.717) is 13.2 Å². The number of hydrogen-bond donors (Lipinski definition) is 1. The number of hydrogen-bond acceptors (Lipinski definition) is 4. The highest BCUT2D eigenvalue weighted by molar-refractivity contribution is 5.68. The van der Waals surface area contributed by atoms with E-state index < -0.39 is 5.82 Å². The second kappa shape index (κ2) is 5.46. The summed E-state index contributed by atoms with van der Waals surface area (Å²) in [4.78, 5) is 5.94. The zero-order chi connectivity index (χ0) is 13.9. The van der Waals surface area contributed by atoms with Gasteiger partial charge in [-0.1, -0.05) is 12.1 Å². The third-order valence-electron chi connectivity index (χ3n) is 3.32. The Balaban J connectivity index is 2.10. The zero-order valence-electron chi connectivity index (χ0n) is 10.9. The summed E-state index contributed by atoms with van der Waals surface area (Å²) in [5.74, 6) is 0.474. The number of benzene rings is 1. The predicted octanol–water partition coefficient (Wildman–Crippen LogP) is 2.63. The Labute approximate surface area is 116 Å². The first-order valence-corrected chi connectivity index (χ1v) is 6.55. The number of aliphatic hydroxyl groups is 1. The van der Waals surface area contributed by atoms with Crippen molar-refractivity contribution in [2.24, 2.45) is 0 Å². The Morgan fingerprint density at radius 1 is 1.30 bits per heavy atom. The minimum Gasteiger partial charge on any atom is -0.491 e. The molecule has 1 N–H and O–H groups in total. The number of anilines is 2. The van der Waals surface area contributed by atoms with Crippen LogP contribution < -0.4 is 9.64 Å². The van der Waals surface area contributed by atoms with Crippen LogP contribution in [-0.2, 0) is 6.61 Å². The second-order valence-electron chi connectivity index (χ2n) is 4.59. The molecule has 3 rings (SSSR count). The van der Waals surface area contributed by atoms with E-state index in [0.717, 1.165) is 17.9 Å². The average molecular weight is 274 g/mol. The molecule has 20 heavy (non-hydrogen) atoms. The summed E-state index contributed by atoms with van der Waals surface area (Å²) in [5, 5.41) is 9.18. The predicted molar refractivity (Wildman–Crippen MR) is 73.7 cm³/mol. The summed E-state index contributed by atoms with van der Waals surface area (Å²) in [5.41, 5.74) is 1.05. The van der Waals surface area contributed by atoms with Gasteiger partial charge in [-0.25, -0.2) is 9.37 Å². The molecular weight excluding hydrogens is 259 g/mol. The van der Waals surface area contributed by atoms with Gasteiger partial charge in [-0.3, -0.25) is 0 Å². The SMILES string of the molecule is OCc1ccnc(N2CCCOc3ccccc32)c1F. The Hall–Kier alpha value is -2.14. The van der Waals surface area contributed by atoms with Gasteiger partial charge in [0.15, 0.2) is 11.6 Å². The van der Waals surface area contributed by atoms with Crippen LogP contribution in [0.2, 0.25) is 0 Å². The molecule has 2 aromatic rings. The van der Waals surface area contributed by atoms with Crippen molar-refractivity contribution in [3.8, 4) is 5.75 Å². The zero-order valence-corrected chi connectivity index (χ0v) is 10.9. The lowest BCUT2D eigenvalue weighted by molar-refractivity contribution is 0.275. The molecule has 1 aliphatic rings. The normalized spacial score (nSPS) is 14.4. The van der Waals surface area contributed by atoms with E-state index in [9.17, 15) is 9.50 Å². The molecule has 0 spiro atoms. The summed E-state index contributed by atoms with van der Waals surface area (Å²) < 4.78 is 20.0. The van der Waals surface area contributed by atoms with Crippen molar-refractivity contribution in [3.05, 3.63) is 47.9 Å². The van der Waals surface area contributed by atoms with Crippen LogP contribution in [0.5, 0.6) is 5.75 Å². The van der Waals surface area contributed by atoms with Crippen molar-refractivity contribution in [1.82, 2.24) is 4.98 Å². The molecule has 1 aliphatic heterocycles. The van der Waals surface area contributed by atoms with Gasteiger partial charge in [-0.2, -0.15) is 0 Å². The number of halogens is 1. The van der Waals surface area contributed by atoms with Crippen LogP contribution in [0, 0.1) is 5.82 Å². The molecule has 1 aromatic carbocycles. The fraction of sp³-hybridized carbons (Fsp3) is 0.267. The van der Waals surface area contributed by atoms with E-state index >= 15 is 0 Å². The average Bonchev–Trinajstić information content (AvgIpc) is 2.70. The Morgan fingerprint density at radius 3 is 3.00 bits per heavy atom. The topological polar surface area (TPSA) is 45.6 Å². The minimum absolute atomic E-state index is 0.231. The molecule has 0 unspecified atom stereocenters. The standard InChI is InChI=1S/C15H15FN2O2/c16-14-11(10-19)6-7-17-15(14)18-8-3-9-20-13-5-2-1-4-12(13)18/h1-2,4-7,19H,3,8-10H2. The molecule has 0 radical (unpaired) electrons. The molecule has 5 heteroatoms. The van der Waals surface area contributed by atoms with Crippen LogP contribution in [0.1, 0.15) is 12.0 Å². The summed E-state index contributed by atoms with van der Waals surface area (Å²) in [6.45, 7) is 0.873. The van der Waals surface area contributed by atoms with E-state index in [4.69, 9.17) is 4.74 Å². The summed E-state index contributed by atoms with van der Waals surface area (Å²) in [7, 11) is 0. The lowest BCUT2D eigenvalue weighted by Gasteiger charge is -2.23. The summed E-state index contributed by atoms with van der Waals surface area (Å²) >= 11 is 0. The number of ether oxygens (including phenoxy) is 1. The first-order chi connectivity index (χ1) is 9.81. The highest BCUT2D eigenvalue weighted by atomic mass is 19.1. The van der Waals surface area contributed by atoms with E-state index in [1.165, 1.54) is 12.3 Å². The van der Waals surface area contributed by atoms with Crippen molar-refractivity contribution in [2.45, 2.75) is 13.0 Å². The van der Waals surface area contributed by atoms with Gasteiger partial charge >= 0.3 is 0 Å². The molecule has 2 heterocycles. The van der Waals surface area contributed by atoms with Crippen LogP contribution in [0.15, 0.2) is 36.5 Å². The van der Waals surface area contributed by atoms with E-state index in [1.54, 1.807) is 4.90 Å². The number of para-hydroxylation sites is 2. The fourth-order valence-electron chi connectivity index (χ4n) is 2.33. The Morgan fingerprint density at radius 2 is 2.15 bits per heavy atom. The van der Waals surface area contributed by atoms with Crippen LogP contribution in [0.25, 0.3) is 0 Å². The molecule has 0 fully saturated rings. The van der Waals surface area contributed by atoms with Gasteiger partial charge in [0.2, 0.25) is 0 Å². The molecule has 0 bridgehead atoms. The number of fused-ring (bicyclic) bond motifs is 1. The van der Waals surface area contributed by atoms with Gasteiger partial charge in [0.1, 0.15) is 5.75 Å². The van der Waals surface area contributed by atoms with Crippen LogP contribution in [0.4, 0.5) is 15.9 Å². The lowest BCUT2D eigenvalue weighted by atomic mass is 10.2. The molecular formula is C15H15FN2O2. The molecule has 104 valence electrons. The Bertz CT molecular complexity index is 619. The van der Waals surface area contributed by atoms with E-state index in [1.807, 2.05) is 24.3 Å². The second-order valence-corrected chi connectivity index (χ2v) is 4.59. The van der Waals surface area contributed by atoms with Crippen molar-refractivity contribution < 1.29 is 14.2 Å².